The zero-order valence-corrected chi connectivity index (χ0v) is 12.3. The van der Waals surface area contributed by atoms with Crippen molar-refractivity contribution in [2.45, 2.75) is 32.6 Å². The standard InChI is InChI=1S/C17H20N2O2/c1-2-13-6-8-14(9-7-13)16(20)15(12-18)17(21)19-10-4-3-5-11-19/h6-9,15H,2-5,10-11H2,1H3/t15-/m0/s1. The van der Waals surface area contributed by atoms with Gasteiger partial charge in [-0.2, -0.15) is 5.26 Å². The van der Waals surface area contributed by atoms with Crippen molar-refractivity contribution >= 4 is 11.7 Å². The van der Waals surface area contributed by atoms with Crippen LogP contribution in [-0.4, -0.2) is 29.7 Å². The molecule has 1 atom stereocenters. The molecule has 2 rings (SSSR count). The van der Waals surface area contributed by atoms with Gasteiger partial charge < -0.3 is 4.90 Å². The highest BCUT2D eigenvalue weighted by atomic mass is 16.2. The monoisotopic (exact) mass is 284 g/mol. The first-order valence-electron chi connectivity index (χ1n) is 7.49. The van der Waals surface area contributed by atoms with Gasteiger partial charge in [0.05, 0.1) is 6.07 Å². The molecule has 1 aliphatic rings. The van der Waals surface area contributed by atoms with Crippen LogP contribution in [0.5, 0.6) is 0 Å². The van der Waals surface area contributed by atoms with Crippen LogP contribution < -0.4 is 0 Å². The van der Waals surface area contributed by atoms with E-state index in [4.69, 9.17) is 0 Å². The Morgan fingerprint density at radius 2 is 1.81 bits per heavy atom. The Morgan fingerprint density at radius 1 is 1.19 bits per heavy atom. The van der Waals surface area contributed by atoms with Crippen LogP contribution in [0.1, 0.15) is 42.1 Å². The first-order valence-corrected chi connectivity index (χ1v) is 7.49. The first-order chi connectivity index (χ1) is 10.2. The van der Waals surface area contributed by atoms with Gasteiger partial charge in [0.2, 0.25) is 5.91 Å². The van der Waals surface area contributed by atoms with Crippen LogP contribution in [0.2, 0.25) is 0 Å². The molecule has 21 heavy (non-hydrogen) atoms. The van der Waals surface area contributed by atoms with Gasteiger partial charge in [0.15, 0.2) is 11.7 Å². The molecule has 0 saturated carbocycles. The van der Waals surface area contributed by atoms with Gasteiger partial charge in [-0.3, -0.25) is 9.59 Å². The Labute approximate surface area is 125 Å². The molecule has 0 aromatic heterocycles. The van der Waals surface area contributed by atoms with Gasteiger partial charge in [-0.1, -0.05) is 31.2 Å². The van der Waals surface area contributed by atoms with E-state index in [0.717, 1.165) is 31.2 Å². The van der Waals surface area contributed by atoms with Crippen LogP contribution in [0.4, 0.5) is 0 Å². The lowest BCUT2D eigenvalue weighted by atomic mass is 9.95. The maximum atomic E-state index is 12.4. The number of rotatable bonds is 4. The average Bonchev–Trinajstić information content (AvgIpc) is 2.56. The van der Waals surface area contributed by atoms with E-state index in [1.54, 1.807) is 17.0 Å². The van der Waals surface area contributed by atoms with E-state index in [-0.39, 0.29) is 5.91 Å². The molecular formula is C17H20N2O2. The normalized spacial score (nSPS) is 16.1. The number of nitriles is 1. The van der Waals surface area contributed by atoms with Crippen LogP contribution >= 0.6 is 0 Å². The third-order valence-electron chi connectivity index (χ3n) is 3.95. The molecule has 110 valence electrons. The molecule has 0 unspecified atom stereocenters. The summed E-state index contributed by atoms with van der Waals surface area (Å²) in [5.41, 5.74) is 1.56. The molecule has 1 fully saturated rings. The number of piperidine rings is 1. The summed E-state index contributed by atoms with van der Waals surface area (Å²) >= 11 is 0. The molecule has 0 bridgehead atoms. The second-order valence-corrected chi connectivity index (χ2v) is 5.36. The summed E-state index contributed by atoms with van der Waals surface area (Å²) in [4.78, 5) is 26.4. The molecule has 1 saturated heterocycles. The lowest BCUT2D eigenvalue weighted by Gasteiger charge is -2.28. The first kappa shape index (κ1) is 15.2. The average molecular weight is 284 g/mol. The van der Waals surface area contributed by atoms with E-state index in [1.807, 2.05) is 25.1 Å². The van der Waals surface area contributed by atoms with Crippen molar-refractivity contribution in [1.82, 2.24) is 4.90 Å². The summed E-state index contributed by atoms with van der Waals surface area (Å²) in [7, 11) is 0. The van der Waals surface area contributed by atoms with E-state index in [2.05, 4.69) is 0 Å². The maximum Gasteiger partial charge on any atom is 0.247 e. The summed E-state index contributed by atoms with van der Waals surface area (Å²) in [6.07, 6.45) is 3.89. The topological polar surface area (TPSA) is 61.2 Å². The number of aryl methyl sites for hydroxylation is 1. The number of amides is 1. The van der Waals surface area contributed by atoms with Crippen molar-refractivity contribution in [3.8, 4) is 6.07 Å². The molecule has 0 aliphatic carbocycles. The molecule has 1 amide bonds. The smallest absolute Gasteiger partial charge is 0.247 e. The highest BCUT2D eigenvalue weighted by molar-refractivity contribution is 6.12. The Hall–Kier alpha value is -2.15. The van der Waals surface area contributed by atoms with Gasteiger partial charge in [0.1, 0.15) is 0 Å². The van der Waals surface area contributed by atoms with Crippen LogP contribution in [0.25, 0.3) is 0 Å². The highest BCUT2D eigenvalue weighted by Crippen LogP contribution is 2.16. The second-order valence-electron chi connectivity index (χ2n) is 5.36. The van der Waals surface area contributed by atoms with Crippen LogP contribution in [-0.2, 0) is 11.2 Å². The summed E-state index contributed by atoms with van der Waals surface area (Å²) in [6.45, 7) is 3.34. The Morgan fingerprint density at radius 3 is 2.33 bits per heavy atom. The van der Waals surface area contributed by atoms with Gasteiger partial charge in [-0.15, -0.1) is 0 Å². The van der Waals surface area contributed by atoms with Crippen molar-refractivity contribution in [1.29, 1.82) is 5.26 Å². The minimum absolute atomic E-state index is 0.346. The number of benzene rings is 1. The van der Waals surface area contributed by atoms with E-state index >= 15 is 0 Å². The fraction of sp³-hybridized carbons (Fsp3) is 0.471. The molecule has 1 heterocycles. The van der Waals surface area contributed by atoms with Crippen molar-refractivity contribution in [3.05, 3.63) is 35.4 Å². The largest absolute Gasteiger partial charge is 0.341 e. The molecule has 4 heteroatoms. The van der Waals surface area contributed by atoms with Crippen molar-refractivity contribution < 1.29 is 9.59 Å². The third-order valence-corrected chi connectivity index (χ3v) is 3.95. The van der Waals surface area contributed by atoms with Crippen LogP contribution in [0, 0.1) is 17.2 Å². The number of carbonyl (C=O) groups excluding carboxylic acids is 2. The zero-order chi connectivity index (χ0) is 15.2. The molecule has 4 nitrogen and oxygen atoms in total. The summed E-state index contributed by atoms with van der Waals surface area (Å²) in [5, 5.41) is 9.24. The third kappa shape index (κ3) is 3.49. The predicted molar refractivity (Wildman–Crippen MR) is 79.7 cm³/mol. The summed E-state index contributed by atoms with van der Waals surface area (Å²) in [6, 6.07) is 9.03. The highest BCUT2D eigenvalue weighted by Gasteiger charge is 2.31. The Bertz CT molecular complexity index is 551. The molecular weight excluding hydrogens is 264 g/mol. The van der Waals surface area contributed by atoms with E-state index < -0.39 is 11.7 Å². The van der Waals surface area contributed by atoms with Crippen molar-refractivity contribution in [3.63, 3.8) is 0 Å². The number of Topliss-reactive ketones (excluding diaryl/α,β-unsaturated/α-hetero) is 1. The van der Waals surface area contributed by atoms with E-state index in [0.29, 0.717) is 18.7 Å². The molecule has 1 aromatic rings. The van der Waals surface area contributed by atoms with Gasteiger partial charge >= 0.3 is 0 Å². The van der Waals surface area contributed by atoms with Gasteiger partial charge in [0, 0.05) is 18.7 Å². The minimum atomic E-state index is -1.21. The van der Waals surface area contributed by atoms with Gasteiger partial charge in [-0.05, 0) is 31.2 Å². The molecule has 1 aliphatic heterocycles. The minimum Gasteiger partial charge on any atom is -0.341 e. The molecule has 0 radical (unpaired) electrons. The zero-order valence-electron chi connectivity index (χ0n) is 12.3. The molecule has 0 N–H and O–H groups in total. The van der Waals surface area contributed by atoms with Gasteiger partial charge in [-0.25, -0.2) is 0 Å². The number of nitrogens with zero attached hydrogens (tertiary/aromatic N) is 2. The fourth-order valence-corrected chi connectivity index (χ4v) is 2.59. The number of likely N-dealkylation sites (tertiary alicyclic amines) is 1. The van der Waals surface area contributed by atoms with Crippen molar-refractivity contribution in [2.75, 3.05) is 13.1 Å². The SMILES string of the molecule is CCc1ccc(C(=O)[C@H](C#N)C(=O)N2CCCCC2)cc1. The Balaban J connectivity index is 2.13. The number of hydrogen-bond donors (Lipinski definition) is 0. The summed E-state index contributed by atoms with van der Waals surface area (Å²) in [5.74, 6) is -1.95. The van der Waals surface area contributed by atoms with E-state index in [1.165, 1.54) is 0 Å². The maximum absolute atomic E-state index is 12.4. The molecule has 1 aromatic carbocycles. The van der Waals surface area contributed by atoms with Crippen molar-refractivity contribution in [2.24, 2.45) is 5.92 Å². The van der Waals surface area contributed by atoms with Crippen LogP contribution in [0.15, 0.2) is 24.3 Å². The molecule has 0 spiro atoms. The second kappa shape index (κ2) is 7.03. The lowest BCUT2D eigenvalue weighted by molar-refractivity contribution is -0.133. The number of ketones is 1. The number of carbonyl (C=O) groups is 2. The van der Waals surface area contributed by atoms with Gasteiger partial charge in [0.25, 0.3) is 0 Å². The predicted octanol–water partition coefficient (Wildman–Crippen LogP) is 2.58. The van der Waals surface area contributed by atoms with E-state index in [9.17, 15) is 14.9 Å². The number of hydrogen-bond acceptors (Lipinski definition) is 3. The lowest BCUT2D eigenvalue weighted by Crippen LogP contribution is -2.41. The van der Waals surface area contributed by atoms with Crippen LogP contribution in [0.3, 0.4) is 0 Å². The Kier molecular flexibility index (Phi) is 5.10. The fourth-order valence-electron chi connectivity index (χ4n) is 2.59. The summed E-state index contributed by atoms with van der Waals surface area (Å²) < 4.78 is 0. The quantitative estimate of drug-likeness (QED) is 0.630.